The monoisotopic (exact) mass is 282 g/mol. The van der Waals surface area contributed by atoms with Crippen LogP contribution in [0.5, 0.6) is 0 Å². The first-order valence-electron chi connectivity index (χ1n) is 6.59. The Morgan fingerprint density at radius 3 is 2.89 bits per heavy atom. The van der Waals surface area contributed by atoms with Gasteiger partial charge in [0, 0.05) is 0 Å². The molecule has 0 amide bonds. The van der Waals surface area contributed by atoms with Gasteiger partial charge in [0.1, 0.15) is 5.54 Å². The predicted molar refractivity (Wildman–Crippen MR) is 81.2 cm³/mol. The highest BCUT2D eigenvalue weighted by atomic mass is 32.2. The Morgan fingerprint density at radius 1 is 1.50 bits per heavy atom. The Morgan fingerprint density at radius 2 is 2.33 bits per heavy atom. The fourth-order valence-electron chi connectivity index (χ4n) is 1.82. The molecule has 18 heavy (non-hydrogen) atoms. The van der Waals surface area contributed by atoms with Gasteiger partial charge in [0.15, 0.2) is 0 Å². The summed E-state index contributed by atoms with van der Waals surface area (Å²) in [5.41, 5.74) is -0.313. The number of thiophene rings is 1. The van der Waals surface area contributed by atoms with Crippen molar-refractivity contribution in [1.29, 1.82) is 5.26 Å². The van der Waals surface area contributed by atoms with Gasteiger partial charge in [-0.25, -0.2) is 0 Å². The molecule has 0 spiro atoms. The van der Waals surface area contributed by atoms with Crippen LogP contribution in [0.1, 0.15) is 39.5 Å². The number of thioether (sulfide) groups is 1. The lowest BCUT2D eigenvalue weighted by atomic mass is 9.92. The van der Waals surface area contributed by atoms with Crippen LogP contribution in [0, 0.1) is 11.3 Å². The van der Waals surface area contributed by atoms with E-state index in [1.165, 1.54) is 4.21 Å². The molecule has 2 nitrogen and oxygen atoms in total. The minimum atomic E-state index is -0.313. The van der Waals surface area contributed by atoms with Crippen LogP contribution >= 0.6 is 23.1 Å². The Hall–Kier alpha value is -0.500. The Bertz CT molecular complexity index is 356. The highest BCUT2D eigenvalue weighted by molar-refractivity contribution is 8.01. The second-order valence-electron chi connectivity index (χ2n) is 4.36. The molecule has 1 rings (SSSR count). The molecule has 1 aromatic heterocycles. The highest BCUT2D eigenvalue weighted by Gasteiger charge is 2.25. The number of nitrogens with one attached hydrogen (secondary N) is 1. The topological polar surface area (TPSA) is 35.8 Å². The van der Waals surface area contributed by atoms with E-state index < -0.39 is 0 Å². The first-order valence-corrected chi connectivity index (χ1v) is 8.45. The molecule has 0 radical (unpaired) electrons. The van der Waals surface area contributed by atoms with Crippen molar-refractivity contribution in [3.63, 3.8) is 0 Å². The molecule has 4 heteroatoms. The van der Waals surface area contributed by atoms with Gasteiger partial charge in [-0.05, 0) is 49.4 Å². The van der Waals surface area contributed by atoms with Gasteiger partial charge in [-0.3, -0.25) is 5.32 Å². The fourth-order valence-corrected chi connectivity index (χ4v) is 3.62. The first-order chi connectivity index (χ1) is 8.76. The van der Waals surface area contributed by atoms with E-state index in [1.54, 1.807) is 11.3 Å². The van der Waals surface area contributed by atoms with Gasteiger partial charge in [-0.15, -0.1) is 23.1 Å². The van der Waals surface area contributed by atoms with Crippen LogP contribution in [0.2, 0.25) is 0 Å². The van der Waals surface area contributed by atoms with Crippen molar-refractivity contribution in [2.75, 3.05) is 12.3 Å². The quantitative estimate of drug-likeness (QED) is 0.542. The first kappa shape index (κ1) is 15.6. The van der Waals surface area contributed by atoms with Crippen molar-refractivity contribution in [1.82, 2.24) is 5.32 Å². The second-order valence-corrected chi connectivity index (χ2v) is 6.70. The smallest absolute Gasteiger partial charge is 0.106 e. The van der Waals surface area contributed by atoms with Gasteiger partial charge in [-0.1, -0.05) is 19.9 Å². The maximum absolute atomic E-state index is 9.37. The van der Waals surface area contributed by atoms with Gasteiger partial charge in [-0.2, -0.15) is 5.26 Å². The number of rotatable bonds is 9. The molecule has 0 fully saturated rings. The van der Waals surface area contributed by atoms with Crippen molar-refractivity contribution in [2.45, 2.75) is 49.3 Å². The van der Waals surface area contributed by atoms with Gasteiger partial charge < -0.3 is 0 Å². The molecular weight excluding hydrogens is 260 g/mol. The van der Waals surface area contributed by atoms with Crippen LogP contribution in [0.4, 0.5) is 0 Å². The predicted octanol–water partition coefficient (Wildman–Crippen LogP) is 4.29. The fraction of sp³-hybridized carbons (Fsp3) is 0.643. The van der Waals surface area contributed by atoms with Crippen molar-refractivity contribution in [2.24, 2.45) is 0 Å². The van der Waals surface area contributed by atoms with E-state index in [-0.39, 0.29) is 5.54 Å². The summed E-state index contributed by atoms with van der Waals surface area (Å²) in [4.78, 5) is 0. The Labute approximate surface area is 119 Å². The second kappa shape index (κ2) is 8.58. The average Bonchev–Trinajstić information content (AvgIpc) is 2.92. The molecule has 1 N–H and O–H groups in total. The van der Waals surface area contributed by atoms with E-state index in [2.05, 4.69) is 42.7 Å². The molecule has 0 aromatic carbocycles. The van der Waals surface area contributed by atoms with E-state index in [9.17, 15) is 5.26 Å². The standard InChI is InChI=1S/C14H22N2S2/c1-3-9-16-14(4-2,12-15)8-6-11-18-13-7-5-10-17-13/h5,7,10,16H,3-4,6,8-9,11H2,1-2H3. The van der Waals surface area contributed by atoms with Crippen LogP contribution in [0.3, 0.4) is 0 Å². The van der Waals surface area contributed by atoms with Gasteiger partial charge in [0.2, 0.25) is 0 Å². The zero-order valence-corrected chi connectivity index (χ0v) is 12.9. The molecule has 0 saturated carbocycles. The molecule has 0 aliphatic rings. The van der Waals surface area contributed by atoms with Crippen LogP contribution in [0.25, 0.3) is 0 Å². The largest absolute Gasteiger partial charge is 0.299 e. The molecule has 1 unspecified atom stereocenters. The van der Waals surface area contributed by atoms with Gasteiger partial charge >= 0.3 is 0 Å². The summed E-state index contributed by atoms with van der Waals surface area (Å²) >= 11 is 3.68. The summed E-state index contributed by atoms with van der Waals surface area (Å²) in [6.07, 6.45) is 3.99. The molecule has 0 aliphatic heterocycles. The van der Waals surface area contributed by atoms with E-state index >= 15 is 0 Å². The number of nitrogens with zero attached hydrogens (tertiary/aromatic N) is 1. The molecular formula is C14H22N2S2. The summed E-state index contributed by atoms with van der Waals surface area (Å²) in [7, 11) is 0. The maximum Gasteiger partial charge on any atom is 0.106 e. The zero-order valence-electron chi connectivity index (χ0n) is 11.2. The molecule has 0 bridgehead atoms. The van der Waals surface area contributed by atoms with E-state index in [1.807, 2.05) is 11.8 Å². The normalized spacial score (nSPS) is 14.1. The number of hydrogen-bond donors (Lipinski definition) is 1. The highest BCUT2D eigenvalue weighted by Crippen LogP contribution is 2.26. The third-order valence-electron chi connectivity index (χ3n) is 3.02. The van der Waals surface area contributed by atoms with E-state index in [4.69, 9.17) is 0 Å². The summed E-state index contributed by atoms with van der Waals surface area (Å²) < 4.78 is 1.37. The minimum Gasteiger partial charge on any atom is -0.299 e. The van der Waals surface area contributed by atoms with Crippen LogP contribution in [-0.4, -0.2) is 17.8 Å². The van der Waals surface area contributed by atoms with Crippen molar-refractivity contribution >= 4 is 23.1 Å². The molecule has 0 aliphatic carbocycles. The summed E-state index contributed by atoms with van der Waals surface area (Å²) in [5.74, 6) is 1.09. The molecule has 1 heterocycles. The SMILES string of the molecule is CCCNC(C#N)(CC)CCCSc1cccs1. The molecule has 100 valence electrons. The molecule has 0 saturated heterocycles. The van der Waals surface area contributed by atoms with Gasteiger partial charge in [0.05, 0.1) is 10.3 Å². The lowest BCUT2D eigenvalue weighted by Gasteiger charge is -2.26. The van der Waals surface area contributed by atoms with Crippen molar-refractivity contribution in [3.8, 4) is 6.07 Å². The van der Waals surface area contributed by atoms with Crippen LogP contribution in [-0.2, 0) is 0 Å². The van der Waals surface area contributed by atoms with E-state index in [0.717, 1.165) is 38.0 Å². The van der Waals surface area contributed by atoms with Crippen LogP contribution < -0.4 is 5.32 Å². The summed E-state index contributed by atoms with van der Waals surface area (Å²) in [6.45, 7) is 5.16. The number of nitriles is 1. The van der Waals surface area contributed by atoms with Gasteiger partial charge in [0.25, 0.3) is 0 Å². The third kappa shape index (κ3) is 5.01. The van der Waals surface area contributed by atoms with E-state index in [0.29, 0.717) is 0 Å². The zero-order chi connectivity index (χ0) is 13.3. The molecule has 1 atom stereocenters. The third-order valence-corrected chi connectivity index (χ3v) is 5.24. The summed E-state index contributed by atoms with van der Waals surface area (Å²) in [5, 5.41) is 14.9. The number of hydrogen-bond acceptors (Lipinski definition) is 4. The lowest BCUT2D eigenvalue weighted by Crippen LogP contribution is -2.43. The Kier molecular flexibility index (Phi) is 7.41. The average molecular weight is 282 g/mol. The van der Waals surface area contributed by atoms with Crippen molar-refractivity contribution in [3.05, 3.63) is 17.5 Å². The van der Waals surface area contributed by atoms with Crippen LogP contribution in [0.15, 0.2) is 21.7 Å². The molecule has 1 aromatic rings. The Balaban J connectivity index is 2.31. The van der Waals surface area contributed by atoms with Crippen molar-refractivity contribution < 1.29 is 0 Å². The lowest BCUT2D eigenvalue weighted by molar-refractivity contribution is 0.371. The maximum atomic E-state index is 9.37. The summed E-state index contributed by atoms with van der Waals surface area (Å²) in [6, 6.07) is 6.72. The minimum absolute atomic E-state index is 0.313.